The Morgan fingerprint density at radius 2 is 1.81 bits per heavy atom. The summed E-state index contributed by atoms with van der Waals surface area (Å²) < 4.78 is 7.69. The zero-order valence-corrected chi connectivity index (χ0v) is 17.7. The van der Waals surface area contributed by atoms with Gasteiger partial charge < -0.3 is 10.1 Å². The predicted molar refractivity (Wildman–Crippen MR) is 124 cm³/mol. The molecule has 0 aliphatic carbocycles. The Labute approximate surface area is 185 Å². The standard InChI is InChI=1S/C24H22N4O2S/c1-2-14-28-22(16-30-21-10-4-3-5-11-21)26-27-24(28)31-17-23(29)25-20-13-12-18-8-6-7-9-19(18)15-20/h2-13,15H,1,14,16-17H2,(H,25,29). The van der Waals surface area contributed by atoms with Crippen LogP contribution in [0.25, 0.3) is 10.8 Å². The molecule has 0 bridgehead atoms. The molecule has 0 aliphatic rings. The average molecular weight is 431 g/mol. The largest absolute Gasteiger partial charge is 0.486 e. The summed E-state index contributed by atoms with van der Waals surface area (Å²) in [6.07, 6.45) is 1.77. The second-order valence-electron chi connectivity index (χ2n) is 6.80. The lowest BCUT2D eigenvalue weighted by Gasteiger charge is -2.09. The molecule has 156 valence electrons. The summed E-state index contributed by atoms with van der Waals surface area (Å²) in [5, 5.41) is 14.3. The van der Waals surface area contributed by atoms with Gasteiger partial charge in [0, 0.05) is 12.2 Å². The molecule has 0 spiro atoms. The van der Waals surface area contributed by atoms with Crippen LogP contribution in [-0.4, -0.2) is 26.4 Å². The van der Waals surface area contributed by atoms with Gasteiger partial charge in [-0.05, 0) is 35.0 Å². The van der Waals surface area contributed by atoms with E-state index in [4.69, 9.17) is 4.74 Å². The number of benzene rings is 3. The van der Waals surface area contributed by atoms with Crippen LogP contribution in [0.2, 0.25) is 0 Å². The van der Waals surface area contributed by atoms with Gasteiger partial charge in [0.15, 0.2) is 11.0 Å². The summed E-state index contributed by atoms with van der Waals surface area (Å²) in [7, 11) is 0. The van der Waals surface area contributed by atoms with Gasteiger partial charge in [-0.15, -0.1) is 16.8 Å². The van der Waals surface area contributed by atoms with E-state index in [2.05, 4.69) is 22.1 Å². The molecule has 0 aliphatic heterocycles. The number of hydrogen-bond acceptors (Lipinski definition) is 5. The fourth-order valence-corrected chi connectivity index (χ4v) is 3.87. The van der Waals surface area contributed by atoms with Crippen LogP contribution >= 0.6 is 11.8 Å². The van der Waals surface area contributed by atoms with Crippen LogP contribution in [-0.2, 0) is 17.9 Å². The third-order valence-electron chi connectivity index (χ3n) is 4.58. The molecule has 1 aromatic heterocycles. The zero-order chi connectivity index (χ0) is 21.5. The van der Waals surface area contributed by atoms with Gasteiger partial charge in [-0.25, -0.2) is 0 Å². The first kappa shape index (κ1) is 20.7. The van der Waals surface area contributed by atoms with E-state index in [9.17, 15) is 4.79 Å². The van der Waals surface area contributed by atoms with Gasteiger partial charge in [-0.3, -0.25) is 9.36 Å². The number of nitrogens with zero attached hydrogens (tertiary/aromatic N) is 3. The van der Waals surface area contributed by atoms with Crippen molar-refractivity contribution in [3.05, 3.63) is 91.3 Å². The van der Waals surface area contributed by atoms with Crippen molar-refractivity contribution in [1.29, 1.82) is 0 Å². The van der Waals surface area contributed by atoms with Crippen molar-refractivity contribution in [3.63, 3.8) is 0 Å². The number of carbonyl (C=O) groups excluding carboxylic acids is 1. The van der Waals surface area contributed by atoms with Crippen molar-refractivity contribution >= 4 is 34.1 Å². The molecule has 1 heterocycles. The lowest BCUT2D eigenvalue weighted by molar-refractivity contribution is -0.113. The third kappa shape index (κ3) is 5.32. The van der Waals surface area contributed by atoms with E-state index in [-0.39, 0.29) is 18.3 Å². The molecular weight excluding hydrogens is 408 g/mol. The second kappa shape index (κ2) is 9.95. The maximum atomic E-state index is 12.5. The molecule has 7 heteroatoms. The van der Waals surface area contributed by atoms with Crippen molar-refractivity contribution in [2.75, 3.05) is 11.1 Å². The highest BCUT2D eigenvalue weighted by Crippen LogP contribution is 2.21. The number of hydrogen-bond donors (Lipinski definition) is 1. The number of ether oxygens (including phenoxy) is 1. The lowest BCUT2D eigenvalue weighted by Crippen LogP contribution is -2.15. The second-order valence-corrected chi connectivity index (χ2v) is 7.74. The van der Waals surface area contributed by atoms with Crippen LogP contribution in [0.3, 0.4) is 0 Å². The van der Waals surface area contributed by atoms with E-state index in [1.54, 1.807) is 6.08 Å². The van der Waals surface area contributed by atoms with E-state index in [1.165, 1.54) is 11.8 Å². The molecule has 6 nitrogen and oxygen atoms in total. The lowest BCUT2D eigenvalue weighted by atomic mass is 10.1. The number of para-hydroxylation sites is 1. The van der Waals surface area contributed by atoms with Crippen molar-refractivity contribution < 1.29 is 9.53 Å². The summed E-state index contributed by atoms with van der Waals surface area (Å²) in [4.78, 5) is 12.5. The predicted octanol–water partition coefficient (Wildman–Crippen LogP) is 4.93. The van der Waals surface area contributed by atoms with Gasteiger partial charge in [0.2, 0.25) is 5.91 Å². The Hall–Kier alpha value is -3.58. The maximum absolute atomic E-state index is 12.5. The van der Waals surface area contributed by atoms with Crippen molar-refractivity contribution in [2.24, 2.45) is 0 Å². The molecule has 3 aromatic carbocycles. The van der Waals surface area contributed by atoms with E-state index in [0.717, 1.165) is 22.2 Å². The zero-order valence-electron chi connectivity index (χ0n) is 16.9. The first-order valence-electron chi connectivity index (χ1n) is 9.85. The Morgan fingerprint density at radius 1 is 1.03 bits per heavy atom. The third-order valence-corrected chi connectivity index (χ3v) is 5.55. The van der Waals surface area contributed by atoms with Crippen molar-refractivity contribution in [3.8, 4) is 5.75 Å². The Bertz CT molecular complexity index is 1190. The maximum Gasteiger partial charge on any atom is 0.234 e. The molecule has 1 amide bonds. The van der Waals surface area contributed by atoms with E-state index in [1.807, 2.05) is 77.4 Å². The van der Waals surface area contributed by atoms with Gasteiger partial charge in [-0.2, -0.15) is 0 Å². The molecule has 0 radical (unpaired) electrons. The van der Waals surface area contributed by atoms with Crippen LogP contribution < -0.4 is 10.1 Å². The summed E-state index contributed by atoms with van der Waals surface area (Å²) in [6.45, 7) is 4.63. The quantitative estimate of drug-likeness (QED) is 0.301. The van der Waals surface area contributed by atoms with Crippen LogP contribution in [0, 0.1) is 0 Å². The van der Waals surface area contributed by atoms with E-state index < -0.39 is 0 Å². The van der Waals surface area contributed by atoms with Crippen LogP contribution in [0.1, 0.15) is 5.82 Å². The summed E-state index contributed by atoms with van der Waals surface area (Å²) >= 11 is 1.33. The molecule has 0 unspecified atom stereocenters. The average Bonchev–Trinajstić information content (AvgIpc) is 3.18. The molecule has 0 atom stereocenters. The first-order valence-corrected chi connectivity index (χ1v) is 10.8. The molecule has 0 fully saturated rings. The smallest absolute Gasteiger partial charge is 0.234 e. The van der Waals surface area contributed by atoms with Crippen molar-refractivity contribution in [2.45, 2.75) is 18.3 Å². The molecule has 31 heavy (non-hydrogen) atoms. The number of carbonyl (C=O) groups is 1. The first-order chi connectivity index (χ1) is 15.2. The van der Waals surface area contributed by atoms with Crippen LogP contribution in [0.4, 0.5) is 5.69 Å². The minimum atomic E-state index is -0.101. The number of allylic oxidation sites excluding steroid dienone is 1. The van der Waals surface area contributed by atoms with E-state index in [0.29, 0.717) is 17.5 Å². The van der Waals surface area contributed by atoms with Gasteiger partial charge in [0.05, 0.1) is 5.75 Å². The number of rotatable bonds is 9. The SMILES string of the molecule is C=CCn1c(COc2ccccc2)nnc1SCC(=O)Nc1ccc2ccccc2c1. The fraction of sp³-hybridized carbons (Fsp3) is 0.125. The van der Waals surface area contributed by atoms with Gasteiger partial charge in [-0.1, -0.05) is 66.4 Å². The van der Waals surface area contributed by atoms with E-state index >= 15 is 0 Å². The topological polar surface area (TPSA) is 69.0 Å². The minimum Gasteiger partial charge on any atom is -0.486 e. The molecule has 4 rings (SSSR count). The number of aromatic nitrogens is 3. The minimum absolute atomic E-state index is 0.101. The fourth-order valence-electron chi connectivity index (χ4n) is 3.10. The molecular formula is C24H22N4O2S. The summed E-state index contributed by atoms with van der Waals surface area (Å²) in [6, 6.07) is 23.5. The number of fused-ring (bicyclic) bond motifs is 1. The van der Waals surface area contributed by atoms with Gasteiger partial charge >= 0.3 is 0 Å². The number of thioether (sulfide) groups is 1. The van der Waals surface area contributed by atoms with Crippen molar-refractivity contribution in [1.82, 2.24) is 14.8 Å². The van der Waals surface area contributed by atoms with Gasteiger partial charge in [0.25, 0.3) is 0 Å². The number of anilines is 1. The summed E-state index contributed by atoms with van der Waals surface area (Å²) in [5.41, 5.74) is 0.772. The molecule has 1 N–H and O–H groups in total. The molecule has 0 saturated carbocycles. The summed E-state index contributed by atoms with van der Waals surface area (Å²) in [5.74, 6) is 1.57. The van der Waals surface area contributed by atoms with Gasteiger partial charge in [0.1, 0.15) is 12.4 Å². The Morgan fingerprint density at radius 3 is 2.61 bits per heavy atom. The highest BCUT2D eigenvalue weighted by Gasteiger charge is 2.14. The molecule has 4 aromatic rings. The molecule has 0 saturated heterocycles. The Balaban J connectivity index is 1.38. The normalized spacial score (nSPS) is 10.7. The highest BCUT2D eigenvalue weighted by molar-refractivity contribution is 7.99. The number of nitrogens with one attached hydrogen (secondary N) is 1. The number of amides is 1. The highest BCUT2D eigenvalue weighted by atomic mass is 32.2. The van der Waals surface area contributed by atoms with Crippen LogP contribution in [0.5, 0.6) is 5.75 Å². The van der Waals surface area contributed by atoms with Crippen LogP contribution in [0.15, 0.2) is 90.6 Å². The Kier molecular flexibility index (Phi) is 6.64. The monoisotopic (exact) mass is 430 g/mol.